The van der Waals surface area contributed by atoms with Gasteiger partial charge in [0.15, 0.2) is 5.54 Å². The molecule has 110 valence electrons. The van der Waals surface area contributed by atoms with Gasteiger partial charge in [0.2, 0.25) is 0 Å². The lowest BCUT2D eigenvalue weighted by Crippen LogP contribution is -2.43. The molecule has 2 rings (SSSR count). The van der Waals surface area contributed by atoms with Crippen LogP contribution < -0.4 is 5.32 Å². The molecule has 0 aliphatic rings. The second kappa shape index (κ2) is 6.76. The fourth-order valence-electron chi connectivity index (χ4n) is 2.45. The summed E-state index contributed by atoms with van der Waals surface area (Å²) in [5.74, 6) is -0.869. The highest BCUT2D eigenvalue weighted by Crippen LogP contribution is 2.34. The fourth-order valence-corrected chi connectivity index (χ4v) is 2.84. The van der Waals surface area contributed by atoms with Crippen LogP contribution in [0.15, 0.2) is 59.1 Å². The van der Waals surface area contributed by atoms with E-state index in [1.54, 1.807) is 0 Å². The number of rotatable bonds is 6. The van der Waals surface area contributed by atoms with Gasteiger partial charge in [-0.15, -0.1) is 0 Å². The van der Waals surface area contributed by atoms with Crippen molar-refractivity contribution in [2.45, 2.75) is 25.3 Å². The van der Waals surface area contributed by atoms with E-state index in [1.165, 1.54) is 0 Å². The standard InChI is InChI=1S/C17H18BrNO2/c1-2-12-17(16(20)21,13-8-4-3-5-9-13)19-15-11-7-6-10-14(15)18/h3-11,19H,2,12H2,1H3,(H,20,21). The molecule has 0 saturated carbocycles. The summed E-state index contributed by atoms with van der Waals surface area (Å²) in [6, 6.07) is 16.9. The minimum absolute atomic E-state index is 0.508. The van der Waals surface area contributed by atoms with Crippen molar-refractivity contribution in [2.75, 3.05) is 5.32 Å². The topological polar surface area (TPSA) is 49.3 Å². The number of carboxylic acid groups (broad SMARTS) is 1. The zero-order chi connectivity index (χ0) is 15.3. The number of aliphatic carboxylic acids is 1. The molecule has 21 heavy (non-hydrogen) atoms. The number of halogens is 1. The van der Waals surface area contributed by atoms with E-state index in [-0.39, 0.29) is 0 Å². The van der Waals surface area contributed by atoms with Crippen LogP contribution in [0.2, 0.25) is 0 Å². The van der Waals surface area contributed by atoms with Crippen LogP contribution in [0.1, 0.15) is 25.3 Å². The number of para-hydroxylation sites is 1. The van der Waals surface area contributed by atoms with Gasteiger partial charge in [-0.3, -0.25) is 0 Å². The van der Waals surface area contributed by atoms with Crippen LogP contribution in [0.3, 0.4) is 0 Å². The lowest BCUT2D eigenvalue weighted by Gasteiger charge is -2.32. The minimum Gasteiger partial charge on any atom is -0.479 e. The molecule has 1 unspecified atom stereocenters. The lowest BCUT2D eigenvalue weighted by atomic mass is 9.85. The van der Waals surface area contributed by atoms with Gasteiger partial charge in [-0.2, -0.15) is 0 Å². The molecule has 2 N–H and O–H groups in total. The number of nitrogens with one attached hydrogen (secondary N) is 1. The van der Waals surface area contributed by atoms with Crippen LogP contribution in [-0.4, -0.2) is 11.1 Å². The summed E-state index contributed by atoms with van der Waals surface area (Å²) in [6.07, 6.45) is 1.27. The molecule has 3 nitrogen and oxygen atoms in total. The van der Waals surface area contributed by atoms with E-state index >= 15 is 0 Å². The molecule has 0 heterocycles. The average Bonchev–Trinajstić information content (AvgIpc) is 2.49. The van der Waals surface area contributed by atoms with Crippen molar-refractivity contribution in [1.29, 1.82) is 0 Å². The van der Waals surface area contributed by atoms with Crippen LogP contribution in [0.4, 0.5) is 5.69 Å². The Morgan fingerprint density at radius 3 is 2.33 bits per heavy atom. The third-order valence-corrected chi connectivity index (χ3v) is 4.17. The zero-order valence-electron chi connectivity index (χ0n) is 11.8. The molecule has 4 heteroatoms. The second-order valence-corrected chi connectivity index (χ2v) is 5.79. The summed E-state index contributed by atoms with van der Waals surface area (Å²) in [4.78, 5) is 12.0. The Balaban J connectivity index is 2.50. The predicted octanol–water partition coefficient (Wildman–Crippen LogP) is 4.64. The monoisotopic (exact) mass is 347 g/mol. The van der Waals surface area contributed by atoms with Gasteiger partial charge in [-0.25, -0.2) is 4.79 Å². The van der Waals surface area contributed by atoms with E-state index in [0.717, 1.165) is 22.1 Å². The first kappa shape index (κ1) is 15.6. The Hall–Kier alpha value is -1.81. The molecule has 0 radical (unpaired) electrons. The molecule has 0 aliphatic heterocycles. The lowest BCUT2D eigenvalue weighted by molar-refractivity contribution is -0.143. The fraction of sp³-hybridized carbons (Fsp3) is 0.235. The van der Waals surface area contributed by atoms with Gasteiger partial charge in [0.25, 0.3) is 0 Å². The molecule has 2 aromatic carbocycles. The first-order valence-corrected chi connectivity index (χ1v) is 7.71. The van der Waals surface area contributed by atoms with Crippen molar-refractivity contribution < 1.29 is 9.90 Å². The number of anilines is 1. The van der Waals surface area contributed by atoms with Gasteiger partial charge >= 0.3 is 5.97 Å². The summed E-state index contributed by atoms with van der Waals surface area (Å²) in [5.41, 5.74) is 0.409. The smallest absolute Gasteiger partial charge is 0.334 e. The molecule has 0 bridgehead atoms. The summed E-state index contributed by atoms with van der Waals surface area (Å²) in [6.45, 7) is 1.99. The van der Waals surface area contributed by atoms with Crippen molar-refractivity contribution in [3.05, 3.63) is 64.6 Å². The highest BCUT2D eigenvalue weighted by molar-refractivity contribution is 9.10. The number of carboxylic acids is 1. The van der Waals surface area contributed by atoms with Crippen LogP contribution in [-0.2, 0) is 10.3 Å². The molecule has 2 aromatic rings. The van der Waals surface area contributed by atoms with Gasteiger partial charge in [0, 0.05) is 10.2 Å². The largest absolute Gasteiger partial charge is 0.479 e. The van der Waals surface area contributed by atoms with E-state index in [2.05, 4.69) is 21.2 Å². The van der Waals surface area contributed by atoms with Crippen LogP contribution in [0, 0.1) is 0 Å². The van der Waals surface area contributed by atoms with E-state index in [9.17, 15) is 9.90 Å². The first-order chi connectivity index (χ1) is 10.1. The molecule has 1 atom stereocenters. The molecule has 0 spiro atoms. The van der Waals surface area contributed by atoms with E-state index in [0.29, 0.717) is 6.42 Å². The summed E-state index contributed by atoms with van der Waals surface area (Å²) >= 11 is 3.47. The number of hydrogen-bond acceptors (Lipinski definition) is 2. The quantitative estimate of drug-likeness (QED) is 0.800. The van der Waals surface area contributed by atoms with Crippen LogP contribution >= 0.6 is 15.9 Å². The van der Waals surface area contributed by atoms with E-state index < -0.39 is 11.5 Å². The number of benzene rings is 2. The SMILES string of the molecule is CCCC(Nc1ccccc1Br)(C(=O)O)c1ccccc1. The van der Waals surface area contributed by atoms with Crippen molar-refractivity contribution in [3.8, 4) is 0 Å². The Labute approximate surface area is 133 Å². The maximum atomic E-state index is 12.0. The third-order valence-electron chi connectivity index (χ3n) is 3.48. The molecular weight excluding hydrogens is 330 g/mol. The Bertz CT molecular complexity index is 615. The van der Waals surface area contributed by atoms with Crippen molar-refractivity contribution in [2.24, 2.45) is 0 Å². The number of carbonyl (C=O) groups is 1. The van der Waals surface area contributed by atoms with Gasteiger partial charge in [-0.05, 0) is 40.0 Å². The molecule has 0 amide bonds. The summed E-state index contributed by atoms with van der Waals surface area (Å²) < 4.78 is 0.850. The Morgan fingerprint density at radius 2 is 1.76 bits per heavy atom. The number of hydrogen-bond donors (Lipinski definition) is 2. The van der Waals surface area contributed by atoms with Gasteiger partial charge in [-0.1, -0.05) is 55.8 Å². The Morgan fingerprint density at radius 1 is 1.14 bits per heavy atom. The normalized spacial score (nSPS) is 13.4. The Kier molecular flexibility index (Phi) is 5.02. The van der Waals surface area contributed by atoms with Crippen molar-refractivity contribution in [3.63, 3.8) is 0 Å². The van der Waals surface area contributed by atoms with Gasteiger partial charge in [0.1, 0.15) is 0 Å². The zero-order valence-corrected chi connectivity index (χ0v) is 13.4. The second-order valence-electron chi connectivity index (χ2n) is 4.93. The van der Waals surface area contributed by atoms with Crippen LogP contribution in [0.25, 0.3) is 0 Å². The maximum Gasteiger partial charge on any atom is 0.334 e. The predicted molar refractivity (Wildman–Crippen MR) is 88.4 cm³/mol. The van der Waals surface area contributed by atoms with E-state index in [1.807, 2.05) is 61.5 Å². The summed E-state index contributed by atoms with van der Waals surface area (Å²) in [7, 11) is 0. The van der Waals surface area contributed by atoms with Crippen LogP contribution in [0.5, 0.6) is 0 Å². The van der Waals surface area contributed by atoms with E-state index in [4.69, 9.17) is 0 Å². The summed E-state index contributed by atoms with van der Waals surface area (Å²) in [5, 5.41) is 13.1. The average molecular weight is 348 g/mol. The highest BCUT2D eigenvalue weighted by Gasteiger charge is 2.39. The molecule has 0 aliphatic carbocycles. The maximum absolute atomic E-state index is 12.0. The molecule has 0 saturated heterocycles. The van der Waals surface area contributed by atoms with Gasteiger partial charge < -0.3 is 10.4 Å². The minimum atomic E-state index is -1.13. The van der Waals surface area contributed by atoms with Crippen molar-refractivity contribution in [1.82, 2.24) is 0 Å². The third kappa shape index (κ3) is 3.27. The van der Waals surface area contributed by atoms with Gasteiger partial charge in [0.05, 0.1) is 0 Å². The molecule has 0 aromatic heterocycles. The van der Waals surface area contributed by atoms with Crippen molar-refractivity contribution >= 4 is 27.6 Å². The molecule has 0 fully saturated rings. The first-order valence-electron chi connectivity index (χ1n) is 6.92. The highest BCUT2D eigenvalue weighted by atomic mass is 79.9. The molecular formula is C17H18BrNO2.